The molecule has 0 aromatic carbocycles. The number of rotatable bonds is 3. The van der Waals surface area contributed by atoms with E-state index in [1.807, 2.05) is 0 Å². The van der Waals surface area contributed by atoms with Crippen molar-refractivity contribution in [3.63, 3.8) is 0 Å². The highest BCUT2D eigenvalue weighted by molar-refractivity contribution is 5.47. The maximum Gasteiger partial charge on any atom is 0.290 e. The third-order valence-corrected chi connectivity index (χ3v) is 2.74. The molecule has 2 rings (SSSR count). The summed E-state index contributed by atoms with van der Waals surface area (Å²) in [4.78, 5) is 14.2. The molecule has 1 aliphatic carbocycles. The van der Waals surface area contributed by atoms with Gasteiger partial charge in [0.1, 0.15) is 12.0 Å². The van der Waals surface area contributed by atoms with Gasteiger partial charge in [-0.2, -0.15) is 0 Å². The van der Waals surface area contributed by atoms with E-state index in [0.717, 1.165) is 18.7 Å². The van der Waals surface area contributed by atoms with Gasteiger partial charge in [0.05, 0.1) is 4.92 Å². The zero-order valence-electron chi connectivity index (χ0n) is 8.56. The fourth-order valence-electron chi connectivity index (χ4n) is 1.58. The molecule has 0 amide bonds. The average Bonchev–Trinajstić information content (AvgIpc) is 2.11. The van der Waals surface area contributed by atoms with Crippen molar-refractivity contribution >= 4 is 11.5 Å². The minimum Gasteiger partial charge on any atom is -0.367 e. The molecule has 0 saturated heterocycles. The number of anilines is 1. The van der Waals surface area contributed by atoms with Crippen molar-refractivity contribution in [3.8, 4) is 0 Å². The second kappa shape index (κ2) is 3.84. The normalized spacial score (nSPS) is 15.8. The Balaban J connectivity index is 2.13. The van der Waals surface area contributed by atoms with E-state index < -0.39 is 4.92 Å². The van der Waals surface area contributed by atoms with Crippen LogP contribution in [0, 0.1) is 17.0 Å². The summed E-state index contributed by atoms with van der Waals surface area (Å²) in [5, 5.41) is 13.8. The Labute approximate surface area is 87.7 Å². The van der Waals surface area contributed by atoms with Gasteiger partial charge >= 0.3 is 0 Å². The van der Waals surface area contributed by atoms with Crippen molar-refractivity contribution in [1.82, 2.24) is 4.98 Å². The van der Waals surface area contributed by atoms with Gasteiger partial charge < -0.3 is 5.32 Å². The minimum atomic E-state index is -0.407. The van der Waals surface area contributed by atoms with Crippen LogP contribution in [0.15, 0.2) is 12.3 Å². The first-order chi connectivity index (χ1) is 7.16. The topological polar surface area (TPSA) is 68.1 Å². The van der Waals surface area contributed by atoms with Gasteiger partial charge in [0.25, 0.3) is 5.69 Å². The van der Waals surface area contributed by atoms with Crippen LogP contribution in [0.2, 0.25) is 0 Å². The molecule has 1 saturated carbocycles. The van der Waals surface area contributed by atoms with Crippen molar-refractivity contribution in [2.24, 2.45) is 0 Å². The first-order valence-electron chi connectivity index (χ1n) is 5.04. The molecule has 1 fully saturated rings. The summed E-state index contributed by atoms with van der Waals surface area (Å²) in [5.74, 6) is 0.739. The number of pyridine rings is 1. The van der Waals surface area contributed by atoms with Gasteiger partial charge in [-0.25, -0.2) is 4.98 Å². The van der Waals surface area contributed by atoms with Crippen molar-refractivity contribution in [1.29, 1.82) is 0 Å². The van der Waals surface area contributed by atoms with Crippen LogP contribution in [-0.4, -0.2) is 15.9 Å². The lowest BCUT2D eigenvalue weighted by atomic mass is 9.93. The highest BCUT2D eigenvalue weighted by Gasteiger charge is 2.18. The van der Waals surface area contributed by atoms with Crippen LogP contribution in [0.4, 0.5) is 11.5 Å². The third kappa shape index (κ3) is 2.06. The molecule has 5 nitrogen and oxygen atoms in total. The number of hydrogen-bond donors (Lipinski definition) is 1. The zero-order chi connectivity index (χ0) is 10.8. The van der Waals surface area contributed by atoms with E-state index in [4.69, 9.17) is 0 Å². The quantitative estimate of drug-likeness (QED) is 0.609. The minimum absolute atomic E-state index is 0.0779. The highest BCUT2D eigenvalue weighted by atomic mass is 16.6. The van der Waals surface area contributed by atoms with Crippen molar-refractivity contribution in [2.45, 2.75) is 32.2 Å². The lowest BCUT2D eigenvalue weighted by Gasteiger charge is -2.26. The standard InChI is InChI=1S/C10H13N3O2/c1-7-5-10(12-8-3-2-4-8)11-6-9(7)13(14)15/h5-6,8H,2-4H2,1H3,(H,11,12). The maximum absolute atomic E-state index is 10.6. The molecule has 0 aliphatic heterocycles. The van der Waals surface area contributed by atoms with Crippen molar-refractivity contribution in [3.05, 3.63) is 27.9 Å². The number of nitrogens with one attached hydrogen (secondary N) is 1. The summed E-state index contributed by atoms with van der Waals surface area (Å²) in [7, 11) is 0. The molecule has 1 N–H and O–H groups in total. The Bertz CT molecular complexity index is 388. The van der Waals surface area contributed by atoms with E-state index in [1.54, 1.807) is 13.0 Å². The molecule has 0 radical (unpaired) electrons. The number of aryl methyl sites for hydroxylation is 1. The molecular formula is C10H13N3O2. The van der Waals surface area contributed by atoms with E-state index in [0.29, 0.717) is 11.6 Å². The fourth-order valence-corrected chi connectivity index (χ4v) is 1.58. The predicted octanol–water partition coefficient (Wildman–Crippen LogP) is 2.26. The lowest BCUT2D eigenvalue weighted by molar-refractivity contribution is -0.385. The van der Waals surface area contributed by atoms with Gasteiger partial charge in [-0.05, 0) is 32.3 Å². The van der Waals surface area contributed by atoms with Crippen molar-refractivity contribution in [2.75, 3.05) is 5.32 Å². The molecule has 1 aromatic heterocycles. The molecular weight excluding hydrogens is 194 g/mol. The summed E-state index contributed by atoms with van der Waals surface area (Å²) in [6.07, 6.45) is 4.90. The Morgan fingerprint density at radius 3 is 2.80 bits per heavy atom. The van der Waals surface area contributed by atoms with E-state index in [-0.39, 0.29) is 5.69 Å². The fraction of sp³-hybridized carbons (Fsp3) is 0.500. The number of hydrogen-bond acceptors (Lipinski definition) is 4. The number of aromatic nitrogens is 1. The van der Waals surface area contributed by atoms with Crippen LogP contribution in [-0.2, 0) is 0 Å². The summed E-state index contributed by atoms with van der Waals surface area (Å²) in [6, 6.07) is 2.23. The highest BCUT2D eigenvalue weighted by Crippen LogP contribution is 2.24. The molecule has 80 valence electrons. The second-order valence-corrected chi connectivity index (χ2v) is 3.89. The molecule has 5 heteroatoms. The van der Waals surface area contributed by atoms with E-state index in [1.165, 1.54) is 12.6 Å². The second-order valence-electron chi connectivity index (χ2n) is 3.89. The zero-order valence-corrected chi connectivity index (χ0v) is 8.56. The summed E-state index contributed by atoms with van der Waals surface area (Å²) in [5.41, 5.74) is 0.728. The molecule has 0 unspecified atom stereocenters. The Morgan fingerprint density at radius 1 is 1.60 bits per heavy atom. The van der Waals surface area contributed by atoms with Crippen LogP contribution >= 0.6 is 0 Å². The molecule has 1 aliphatic rings. The van der Waals surface area contributed by atoms with Gasteiger partial charge in [-0.3, -0.25) is 10.1 Å². The van der Waals surface area contributed by atoms with Crippen LogP contribution in [0.3, 0.4) is 0 Å². The van der Waals surface area contributed by atoms with Gasteiger partial charge in [-0.1, -0.05) is 0 Å². The van der Waals surface area contributed by atoms with Gasteiger partial charge in [0.2, 0.25) is 0 Å². The first-order valence-corrected chi connectivity index (χ1v) is 5.04. The monoisotopic (exact) mass is 207 g/mol. The Morgan fingerprint density at radius 2 is 2.33 bits per heavy atom. The lowest BCUT2D eigenvalue weighted by Crippen LogP contribution is -2.27. The van der Waals surface area contributed by atoms with Crippen LogP contribution in [0.1, 0.15) is 24.8 Å². The number of nitro groups is 1. The van der Waals surface area contributed by atoms with Gasteiger partial charge in [-0.15, -0.1) is 0 Å². The molecule has 15 heavy (non-hydrogen) atoms. The summed E-state index contributed by atoms with van der Waals surface area (Å²) in [6.45, 7) is 1.73. The van der Waals surface area contributed by atoms with Gasteiger partial charge in [0.15, 0.2) is 0 Å². The molecule has 1 heterocycles. The van der Waals surface area contributed by atoms with Crippen LogP contribution < -0.4 is 5.32 Å². The predicted molar refractivity (Wildman–Crippen MR) is 56.9 cm³/mol. The van der Waals surface area contributed by atoms with E-state index >= 15 is 0 Å². The largest absolute Gasteiger partial charge is 0.367 e. The van der Waals surface area contributed by atoms with E-state index in [9.17, 15) is 10.1 Å². The molecule has 0 bridgehead atoms. The Kier molecular flexibility index (Phi) is 2.53. The molecule has 0 atom stereocenters. The number of nitrogens with zero attached hydrogens (tertiary/aromatic N) is 2. The smallest absolute Gasteiger partial charge is 0.290 e. The first kappa shape index (κ1) is 9.89. The van der Waals surface area contributed by atoms with Crippen molar-refractivity contribution < 1.29 is 4.92 Å². The third-order valence-electron chi connectivity index (χ3n) is 2.74. The van der Waals surface area contributed by atoms with E-state index in [2.05, 4.69) is 10.3 Å². The Hall–Kier alpha value is -1.65. The van der Waals surface area contributed by atoms with Crippen LogP contribution in [0.5, 0.6) is 0 Å². The van der Waals surface area contributed by atoms with Crippen LogP contribution in [0.25, 0.3) is 0 Å². The summed E-state index contributed by atoms with van der Waals surface area (Å²) >= 11 is 0. The molecule has 1 aromatic rings. The maximum atomic E-state index is 10.6. The summed E-state index contributed by atoms with van der Waals surface area (Å²) < 4.78 is 0. The molecule has 0 spiro atoms. The van der Waals surface area contributed by atoms with Gasteiger partial charge in [0, 0.05) is 11.6 Å². The SMILES string of the molecule is Cc1cc(NC2CCC2)ncc1[N+](=O)[O-]. The average molecular weight is 207 g/mol.